The quantitative estimate of drug-likeness (QED) is 0.604. The van der Waals surface area contributed by atoms with Crippen LogP contribution in [-0.4, -0.2) is 31.1 Å². The molecule has 1 aliphatic rings. The summed E-state index contributed by atoms with van der Waals surface area (Å²) in [5.74, 6) is -1.24. The molecule has 0 saturated carbocycles. The van der Waals surface area contributed by atoms with Crippen LogP contribution in [-0.2, 0) is 9.53 Å². The molecule has 2 rings (SSSR count). The molecule has 140 valence electrons. The van der Waals surface area contributed by atoms with Gasteiger partial charge in [-0.05, 0) is 57.6 Å². The van der Waals surface area contributed by atoms with Crippen molar-refractivity contribution in [2.75, 3.05) is 13.2 Å². The van der Waals surface area contributed by atoms with Gasteiger partial charge in [0, 0.05) is 6.54 Å². The Kier molecular flexibility index (Phi) is 7.38. The summed E-state index contributed by atoms with van der Waals surface area (Å²) in [4.78, 5) is 35.4. The minimum absolute atomic E-state index is 0.411. The van der Waals surface area contributed by atoms with Crippen molar-refractivity contribution in [3.8, 4) is 0 Å². The fourth-order valence-corrected chi connectivity index (χ4v) is 2.93. The van der Waals surface area contributed by atoms with Crippen LogP contribution >= 0.6 is 0 Å². The molecule has 1 aromatic rings. The molecule has 6 heteroatoms. The van der Waals surface area contributed by atoms with E-state index >= 15 is 0 Å². The Morgan fingerprint density at radius 1 is 1.15 bits per heavy atom. The lowest BCUT2D eigenvalue weighted by Gasteiger charge is -2.13. The number of hydrogen-bond acceptors (Lipinski definition) is 4. The monoisotopic (exact) mass is 358 g/mol. The van der Waals surface area contributed by atoms with Crippen LogP contribution in [0.3, 0.4) is 0 Å². The first-order valence-electron chi connectivity index (χ1n) is 8.95. The maximum absolute atomic E-state index is 12.0. The first-order valence-corrected chi connectivity index (χ1v) is 8.95. The number of allylic oxidation sites excluding steroid dienone is 1. The topological polar surface area (TPSA) is 84.5 Å². The van der Waals surface area contributed by atoms with Crippen LogP contribution in [0.5, 0.6) is 0 Å². The number of aryl methyl sites for hydroxylation is 2. The Hall–Kier alpha value is -2.63. The van der Waals surface area contributed by atoms with Crippen molar-refractivity contribution in [3.63, 3.8) is 0 Å². The number of benzene rings is 1. The minimum atomic E-state index is -0.655. The number of nitrogens with one attached hydrogen (secondary N) is 2. The van der Waals surface area contributed by atoms with E-state index in [-0.39, 0.29) is 0 Å². The summed E-state index contributed by atoms with van der Waals surface area (Å²) in [5.41, 5.74) is 3.58. The van der Waals surface area contributed by atoms with Gasteiger partial charge in [0.05, 0.1) is 5.56 Å². The number of rotatable bonds is 6. The third-order valence-electron chi connectivity index (χ3n) is 4.31. The van der Waals surface area contributed by atoms with E-state index in [1.165, 1.54) is 18.4 Å². The van der Waals surface area contributed by atoms with E-state index in [9.17, 15) is 14.4 Å². The van der Waals surface area contributed by atoms with Crippen LogP contribution < -0.4 is 10.6 Å². The summed E-state index contributed by atoms with van der Waals surface area (Å²) in [5, 5.41) is 4.81. The number of imide groups is 1. The Morgan fingerprint density at radius 3 is 2.65 bits per heavy atom. The van der Waals surface area contributed by atoms with E-state index in [0.29, 0.717) is 12.1 Å². The van der Waals surface area contributed by atoms with Gasteiger partial charge in [-0.1, -0.05) is 29.3 Å². The third kappa shape index (κ3) is 6.35. The fraction of sp³-hybridized carbons (Fsp3) is 0.450. The molecular weight excluding hydrogens is 332 g/mol. The van der Waals surface area contributed by atoms with Gasteiger partial charge in [0.25, 0.3) is 5.91 Å². The maximum atomic E-state index is 12.0. The number of carbonyl (C=O) groups is 3. The summed E-state index contributed by atoms with van der Waals surface area (Å²) in [6.07, 6.45) is 7.63. The molecular formula is C20H26N2O4. The van der Waals surface area contributed by atoms with Crippen molar-refractivity contribution in [2.24, 2.45) is 0 Å². The normalized spacial score (nSPS) is 13.5. The number of hydrogen-bond donors (Lipinski definition) is 2. The Morgan fingerprint density at radius 2 is 1.96 bits per heavy atom. The number of amides is 3. The van der Waals surface area contributed by atoms with Gasteiger partial charge < -0.3 is 10.1 Å². The molecule has 0 spiro atoms. The number of ether oxygens (including phenoxy) is 1. The summed E-state index contributed by atoms with van der Waals surface area (Å²) in [6, 6.07) is 4.76. The van der Waals surface area contributed by atoms with Crippen molar-refractivity contribution in [1.82, 2.24) is 10.6 Å². The first kappa shape index (κ1) is 19.7. The largest absolute Gasteiger partial charge is 0.452 e. The van der Waals surface area contributed by atoms with Crippen molar-refractivity contribution in [1.29, 1.82) is 0 Å². The molecule has 1 aliphatic carbocycles. The molecule has 0 aromatic heterocycles. The summed E-state index contributed by atoms with van der Waals surface area (Å²) < 4.78 is 4.97. The molecule has 1 aromatic carbocycles. The molecule has 0 radical (unpaired) electrons. The molecule has 3 amide bonds. The molecule has 0 fully saturated rings. The van der Waals surface area contributed by atoms with Crippen molar-refractivity contribution >= 4 is 17.9 Å². The summed E-state index contributed by atoms with van der Waals surface area (Å²) in [7, 11) is 0. The highest BCUT2D eigenvalue weighted by Crippen LogP contribution is 2.19. The zero-order valence-corrected chi connectivity index (χ0v) is 15.4. The Labute approximate surface area is 154 Å². The summed E-state index contributed by atoms with van der Waals surface area (Å²) >= 11 is 0. The molecule has 0 heterocycles. The highest BCUT2D eigenvalue weighted by Gasteiger charge is 2.14. The van der Waals surface area contributed by atoms with Gasteiger partial charge in [-0.25, -0.2) is 9.59 Å². The molecule has 26 heavy (non-hydrogen) atoms. The van der Waals surface area contributed by atoms with E-state index in [0.717, 1.165) is 30.4 Å². The fourth-order valence-electron chi connectivity index (χ4n) is 2.93. The van der Waals surface area contributed by atoms with Crippen LogP contribution in [0.25, 0.3) is 0 Å². The average Bonchev–Trinajstić information content (AvgIpc) is 2.60. The van der Waals surface area contributed by atoms with Crippen LogP contribution in [0.15, 0.2) is 29.8 Å². The van der Waals surface area contributed by atoms with E-state index < -0.39 is 24.5 Å². The predicted molar refractivity (Wildman–Crippen MR) is 98.9 cm³/mol. The Balaban J connectivity index is 1.68. The standard InChI is InChI=1S/C20H26N2O4/c1-14-8-9-17(15(2)12-14)19(24)26-13-18(23)22-20(25)21-11-10-16-6-4-3-5-7-16/h6,8-9,12H,3-5,7,10-11,13H2,1-2H3,(H2,21,22,23,25). The van der Waals surface area contributed by atoms with Crippen molar-refractivity contribution in [3.05, 3.63) is 46.5 Å². The third-order valence-corrected chi connectivity index (χ3v) is 4.31. The lowest BCUT2D eigenvalue weighted by molar-refractivity contribution is -0.123. The lowest BCUT2D eigenvalue weighted by atomic mass is 9.97. The second-order valence-corrected chi connectivity index (χ2v) is 6.56. The van der Waals surface area contributed by atoms with Gasteiger partial charge in [0.1, 0.15) is 0 Å². The number of carbonyl (C=O) groups excluding carboxylic acids is 3. The van der Waals surface area contributed by atoms with E-state index in [4.69, 9.17) is 4.74 Å². The average molecular weight is 358 g/mol. The van der Waals surface area contributed by atoms with E-state index in [1.54, 1.807) is 19.1 Å². The van der Waals surface area contributed by atoms with Gasteiger partial charge in [-0.3, -0.25) is 10.1 Å². The van der Waals surface area contributed by atoms with Crippen molar-refractivity contribution < 1.29 is 19.1 Å². The summed E-state index contributed by atoms with van der Waals surface area (Å²) in [6.45, 7) is 3.72. The van der Waals surface area contributed by atoms with Crippen LogP contribution in [0, 0.1) is 13.8 Å². The molecule has 0 aliphatic heterocycles. The second kappa shape index (κ2) is 9.75. The molecule has 2 N–H and O–H groups in total. The van der Waals surface area contributed by atoms with Gasteiger partial charge >= 0.3 is 12.0 Å². The van der Waals surface area contributed by atoms with Crippen LogP contribution in [0.1, 0.15) is 53.6 Å². The van der Waals surface area contributed by atoms with Crippen LogP contribution in [0.4, 0.5) is 4.79 Å². The Bertz CT molecular complexity index is 710. The van der Waals surface area contributed by atoms with Gasteiger partial charge in [0.2, 0.25) is 0 Å². The molecule has 0 atom stereocenters. The zero-order chi connectivity index (χ0) is 18.9. The lowest BCUT2D eigenvalue weighted by Crippen LogP contribution is -2.41. The zero-order valence-electron chi connectivity index (χ0n) is 15.4. The van der Waals surface area contributed by atoms with E-state index in [1.807, 2.05) is 13.0 Å². The number of urea groups is 1. The molecule has 0 saturated heterocycles. The molecule has 0 unspecified atom stereocenters. The second-order valence-electron chi connectivity index (χ2n) is 6.56. The number of esters is 1. The van der Waals surface area contributed by atoms with Crippen LogP contribution in [0.2, 0.25) is 0 Å². The minimum Gasteiger partial charge on any atom is -0.452 e. The highest BCUT2D eigenvalue weighted by molar-refractivity contribution is 5.97. The maximum Gasteiger partial charge on any atom is 0.338 e. The highest BCUT2D eigenvalue weighted by atomic mass is 16.5. The van der Waals surface area contributed by atoms with Gasteiger partial charge in [-0.15, -0.1) is 0 Å². The molecule has 6 nitrogen and oxygen atoms in total. The molecule has 0 bridgehead atoms. The van der Waals surface area contributed by atoms with Gasteiger partial charge in [0.15, 0.2) is 6.61 Å². The SMILES string of the molecule is Cc1ccc(C(=O)OCC(=O)NC(=O)NCCC2=CCCCC2)c(C)c1. The van der Waals surface area contributed by atoms with Gasteiger partial charge in [-0.2, -0.15) is 0 Å². The first-order chi connectivity index (χ1) is 12.5. The van der Waals surface area contributed by atoms with E-state index in [2.05, 4.69) is 16.7 Å². The smallest absolute Gasteiger partial charge is 0.338 e. The van der Waals surface area contributed by atoms with Crippen molar-refractivity contribution in [2.45, 2.75) is 46.0 Å². The predicted octanol–water partition coefficient (Wildman–Crippen LogP) is 3.18.